The minimum atomic E-state index is -0.149. The number of carbonyl (C=O) groups is 1. The minimum absolute atomic E-state index is 0.149. The predicted molar refractivity (Wildman–Crippen MR) is 85.9 cm³/mol. The SMILES string of the molecule is O=C(C=Cc1ccc(Br)cc1)Nc1nc(C2CC2)cs1. The molecule has 20 heavy (non-hydrogen) atoms. The number of hydrogen-bond donors (Lipinski definition) is 1. The van der Waals surface area contributed by atoms with Crippen LogP contribution < -0.4 is 5.32 Å². The lowest BCUT2D eigenvalue weighted by atomic mass is 10.2. The summed E-state index contributed by atoms with van der Waals surface area (Å²) in [6.45, 7) is 0. The molecule has 5 heteroatoms. The van der Waals surface area contributed by atoms with Crippen molar-refractivity contribution in [2.75, 3.05) is 5.32 Å². The maximum Gasteiger partial charge on any atom is 0.250 e. The first-order valence-corrected chi connectivity index (χ1v) is 8.08. The van der Waals surface area contributed by atoms with Crippen LogP contribution in [0.4, 0.5) is 5.13 Å². The van der Waals surface area contributed by atoms with Gasteiger partial charge in [0, 0.05) is 21.8 Å². The molecule has 1 fully saturated rings. The molecule has 0 radical (unpaired) electrons. The number of benzene rings is 1. The van der Waals surface area contributed by atoms with Gasteiger partial charge in [-0.25, -0.2) is 4.98 Å². The standard InChI is InChI=1S/C15H13BrN2OS/c16-12-6-1-10(2-7-12)3-8-14(19)18-15-17-13(9-20-15)11-4-5-11/h1-3,6-9,11H,4-5H2,(H,17,18,19). The normalized spacial score (nSPS) is 14.7. The number of halogens is 1. The number of amides is 1. The Hall–Kier alpha value is -1.46. The number of aromatic nitrogens is 1. The smallest absolute Gasteiger partial charge is 0.250 e. The molecule has 0 saturated heterocycles. The van der Waals surface area contributed by atoms with E-state index in [1.54, 1.807) is 6.08 Å². The first kappa shape index (κ1) is 13.5. The van der Waals surface area contributed by atoms with E-state index in [-0.39, 0.29) is 5.91 Å². The zero-order valence-electron chi connectivity index (χ0n) is 10.7. The molecule has 1 aromatic carbocycles. The highest BCUT2D eigenvalue weighted by atomic mass is 79.9. The van der Waals surface area contributed by atoms with Crippen LogP contribution in [0.5, 0.6) is 0 Å². The topological polar surface area (TPSA) is 42.0 Å². The van der Waals surface area contributed by atoms with Gasteiger partial charge in [-0.3, -0.25) is 10.1 Å². The molecule has 1 heterocycles. The summed E-state index contributed by atoms with van der Waals surface area (Å²) in [6, 6.07) is 7.78. The molecule has 3 nitrogen and oxygen atoms in total. The monoisotopic (exact) mass is 348 g/mol. The average Bonchev–Trinajstić information content (AvgIpc) is 3.19. The van der Waals surface area contributed by atoms with E-state index < -0.39 is 0 Å². The second-order valence-corrected chi connectivity index (χ2v) is 6.50. The van der Waals surface area contributed by atoms with Gasteiger partial charge in [-0.05, 0) is 36.6 Å². The summed E-state index contributed by atoms with van der Waals surface area (Å²) in [5.41, 5.74) is 2.10. The van der Waals surface area contributed by atoms with Gasteiger partial charge in [-0.1, -0.05) is 28.1 Å². The summed E-state index contributed by atoms with van der Waals surface area (Å²) in [5, 5.41) is 5.51. The molecule has 0 aliphatic heterocycles. The predicted octanol–water partition coefficient (Wildman–Crippen LogP) is 4.43. The number of nitrogens with zero attached hydrogens (tertiary/aromatic N) is 1. The van der Waals surface area contributed by atoms with Gasteiger partial charge in [0.1, 0.15) is 0 Å². The van der Waals surface area contributed by atoms with Crippen molar-refractivity contribution < 1.29 is 4.79 Å². The van der Waals surface area contributed by atoms with Gasteiger partial charge in [0.25, 0.3) is 0 Å². The summed E-state index contributed by atoms with van der Waals surface area (Å²) < 4.78 is 1.02. The van der Waals surface area contributed by atoms with E-state index in [1.165, 1.54) is 30.3 Å². The van der Waals surface area contributed by atoms with Gasteiger partial charge in [0.2, 0.25) is 5.91 Å². The number of hydrogen-bond acceptors (Lipinski definition) is 3. The lowest BCUT2D eigenvalue weighted by molar-refractivity contribution is -0.111. The van der Waals surface area contributed by atoms with Crippen LogP contribution in [0.15, 0.2) is 40.2 Å². The van der Waals surface area contributed by atoms with Gasteiger partial charge >= 0.3 is 0 Å². The second-order valence-electron chi connectivity index (χ2n) is 4.73. The Kier molecular flexibility index (Phi) is 3.98. The van der Waals surface area contributed by atoms with Crippen molar-refractivity contribution in [3.8, 4) is 0 Å². The van der Waals surface area contributed by atoms with Crippen molar-refractivity contribution in [1.29, 1.82) is 0 Å². The zero-order chi connectivity index (χ0) is 13.9. The van der Waals surface area contributed by atoms with Crippen molar-refractivity contribution in [3.63, 3.8) is 0 Å². The van der Waals surface area contributed by atoms with Crippen molar-refractivity contribution >= 4 is 44.4 Å². The van der Waals surface area contributed by atoms with Crippen LogP contribution in [0.2, 0.25) is 0 Å². The third-order valence-corrected chi connectivity index (χ3v) is 4.35. The van der Waals surface area contributed by atoms with Crippen molar-refractivity contribution in [2.45, 2.75) is 18.8 Å². The third kappa shape index (κ3) is 3.55. The Morgan fingerprint density at radius 3 is 2.80 bits per heavy atom. The van der Waals surface area contributed by atoms with E-state index in [9.17, 15) is 4.79 Å². The Morgan fingerprint density at radius 1 is 1.35 bits per heavy atom. The first-order valence-electron chi connectivity index (χ1n) is 6.41. The van der Waals surface area contributed by atoms with E-state index >= 15 is 0 Å². The Labute approximate surface area is 129 Å². The molecule has 1 aliphatic rings. The highest BCUT2D eigenvalue weighted by molar-refractivity contribution is 9.10. The third-order valence-electron chi connectivity index (χ3n) is 3.04. The molecule has 1 saturated carbocycles. The molecule has 0 bridgehead atoms. The highest BCUT2D eigenvalue weighted by Gasteiger charge is 2.26. The van der Waals surface area contributed by atoms with E-state index in [0.29, 0.717) is 11.0 Å². The van der Waals surface area contributed by atoms with Crippen LogP contribution >= 0.6 is 27.3 Å². The molecule has 0 spiro atoms. The molecule has 0 atom stereocenters. The molecule has 1 amide bonds. The van der Waals surface area contributed by atoms with Crippen LogP contribution in [0.3, 0.4) is 0 Å². The highest BCUT2D eigenvalue weighted by Crippen LogP contribution is 2.40. The Bertz CT molecular complexity index is 644. The van der Waals surface area contributed by atoms with Crippen molar-refractivity contribution in [3.05, 3.63) is 51.5 Å². The number of nitrogens with one attached hydrogen (secondary N) is 1. The van der Waals surface area contributed by atoms with Crippen LogP contribution in [0.1, 0.15) is 30.0 Å². The molecule has 1 N–H and O–H groups in total. The van der Waals surface area contributed by atoms with E-state index in [0.717, 1.165) is 15.7 Å². The molecular weight excluding hydrogens is 336 g/mol. The molecule has 3 rings (SSSR count). The van der Waals surface area contributed by atoms with E-state index in [2.05, 4.69) is 26.2 Å². The number of carbonyl (C=O) groups excluding carboxylic acids is 1. The minimum Gasteiger partial charge on any atom is -0.298 e. The maximum absolute atomic E-state index is 11.8. The fourth-order valence-electron chi connectivity index (χ4n) is 1.80. The maximum atomic E-state index is 11.8. The van der Waals surface area contributed by atoms with Gasteiger partial charge in [0.05, 0.1) is 5.69 Å². The van der Waals surface area contributed by atoms with Gasteiger partial charge < -0.3 is 0 Å². The zero-order valence-corrected chi connectivity index (χ0v) is 13.1. The van der Waals surface area contributed by atoms with E-state index in [1.807, 2.05) is 29.6 Å². The fourth-order valence-corrected chi connectivity index (χ4v) is 2.86. The second kappa shape index (κ2) is 5.89. The van der Waals surface area contributed by atoms with Crippen LogP contribution in [-0.4, -0.2) is 10.9 Å². The van der Waals surface area contributed by atoms with Crippen LogP contribution in [-0.2, 0) is 4.79 Å². The van der Waals surface area contributed by atoms with Crippen LogP contribution in [0, 0.1) is 0 Å². The molecule has 102 valence electrons. The van der Waals surface area contributed by atoms with Gasteiger partial charge in [0.15, 0.2) is 5.13 Å². The van der Waals surface area contributed by atoms with Gasteiger partial charge in [-0.2, -0.15) is 0 Å². The van der Waals surface area contributed by atoms with Gasteiger partial charge in [-0.15, -0.1) is 11.3 Å². The number of rotatable bonds is 4. The quantitative estimate of drug-likeness (QED) is 0.830. The molecule has 2 aromatic rings. The average molecular weight is 349 g/mol. The fraction of sp³-hybridized carbons (Fsp3) is 0.200. The largest absolute Gasteiger partial charge is 0.298 e. The lowest BCUT2D eigenvalue weighted by Gasteiger charge is -1.96. The summed E-state index contributed by atoms with van der Waals surface area (Å²) in [7, 11) is 0. The summed E-state index contributed by atoms with van der Waals surface area (Å²) in [5.74, 6) is 0.472. The first-order chi connectivity index (χ1) is 9.70. The Balaban J connectivity index is 1.59. The van der Waals surface area contributed by atoms with Crippen molar-refractivity contribution in [2.24, 2.45) is 0 Å². The lowest BCUT2D eigenvalue weighted by Crippen LogP contribution is -2.07. The molecular formula is C15H13BrN2OS. The Morgan fingerprint density at radius 2 is 2.10 bits per heavy atom. The summed E-state index contributed by atoms with van der Waals surface area (Å²) in [4.78, 5) is 16.2. The number of thiazole rings is 1. The summed E-state index contributed by atoms with van der Waals surface area (Å²) >= 11 is 4.87. The summed E-state index contributed by atoms with van der Waals surface area (Å²) in [6.07, 6.45) is 5.76. The molecule has 1 aromatic heterocycles. The van der Waals surface area contributed by atoms with Crippen LogP contribution in [0.25, 0.3) is 6.08 Å². The molecule has 0 unspecified atom stereocenters. The van der Waals surface area contributed by atoms with Crippen molar-refractivity contribution in [1.82, 2.24) is 4.98 Å². The molecule has 1 aliphatic carbocycles. The number of anilines is 1. The van der Waals surface area contributed by atoms with E-state index in [4.69, 9.17) is 0 Å².